The van der Waals surface area contributed by atoms with E-state index < -0.39 is 10.0 Å². The molecule has 4 rings (SSSR count). The van der Waals surface area contributed by atoms with Gasteiger partial charge >= 0.3 is 0 Å². The van der Waals surface area contributed by atoms with Crippen molar-refractivity contribution in [1.29, 1.82) is 0 Å². The number of aryl methyl sites for hydroxylation is 2. The highest BCUT2D eigenvalue weighted by Crippen LogP contribution is 2.38. The van der Waals surface area contributed by atoms with Gasteiger partial charge in [-0.05, 0) is 81.0 Å². The third-order valence-electron chi connectivity index (χ3n) is 5.91. The number of nitrogens with one attached hydrogen (secondary N) is 1. The Bertz CT molecular complexity index is 1040. The van der Waals surface area contributed by atoms with Crippen LogP contribution in [0.25, 0.3) is 0 Å². The molecular formula is C22H26N2O3S. The zero-order valence-electron chi connectivity index (χ0n) is 16.5. The summed E-state index contributed by atoms with van der Waals surface area (Å²) in [4.78, 5) is 14.9. The third-order valence-corrected chi connectivity index (χ3v) is 7.27. The Kier molecular flexibility index (Phi) is 4.70. The van der Waals surface area contributed by atoms with Crippen molar-refractivity contribution in [2.24, 2.45) is 5.92 Å². The van der Waals surface area contributed by atoms with Crippen molar-refractivity contribution in [2.45, 2.75) is 57.4 Å². The van der Waals surface area contributed by atoms with Crippen LogP contribution in [0.4, 0.5) is 11.4 Å². The lowest BCUT2D eigenvalue weighted by Gasteiger charge is -2.32. The summed E-state index contributed by atoms with van der Waals surface area (Å²) in [5, 5.41) is 0. The molecule has 0 aromatic heterocycles. The van der Waals surface area contributed by atoms with Gasteiger partial charge in [-0.1, -0.05) is 18.6 Å². The van der Waals surface area contributed by atoms with Crippen LogP contribution < -0.4 is 9.62 Å². The van der Waals surface area contributed by atoms with Crippen LogP contribution in [-0.2, 0) is 21.2 Å². The van der Waals surface area contributed by atoms with E-state index in [2.05, 4.69) is 4.72 Å². The van der Waals surface area contributed by atoms with Crippen LogP contribution in [0.5, 0.6) is 0 Å². The van der Waals surface area contributed by atoms with Crippen molar-refractivity contribution in [3.8, 4) is 0 Å². The monoisotopic (exact) mass is 398 g/mol. The van der Waals surface area contributed by atoms with Crippen molar-refractivity contribution in [3.63, 3.8) is 0 Å². The predicted octanol–water partition coefficient (Wildman–Crippen LogP) is 4.18. The van der Waals surface area contributed by atoms with Gasteiger partial charge in [-0.25, -0.2) is 8.42 Å². The molecule has 1 aliphatic carbocycles. The summed E-state index contributed by atoms with van der Waals surface area (Å²) in [6, 6.07) is 10.9. The number of fused-ring (bicyclic) bond motifs is 1. The number of amides is 1. The molecule has 1 saturated carbocycles. The molecule has 0 spiro atoms. The fourth-order valence-electron chi connectivity index (χ4n) is 4.01. The summed E-state index contributed by atoms with van der Waals surface area (Å²) in [5.74, 6) is 0.310. The van der Waals surface area contributed by atoms with Crippen molar-refractivity contribution in [2.75, 3.05) is 9.62 Å². The summed E-state index contributed by atoms with van der Waals surface area (Å²) in [6.07, 6.45) is 3.72. The molecule has 1 aliphatic heterocycles. The lowest BCUT2D eigenvalue weighted by molar-refractivity contribution is -0.125. The molecule has 1 N–H and O–H groups in total. The SMILES string of the molecule is Cc1ccc(C)c(NS(=O)(=O)c2ccc3c(c2)CC(C)N3C(=O)C2CCC2)c1. The maximum Gasteiger partial charge on any atom is 0.261 e. The molecule has 0 radical (unpaired) electrons. The largest absolute Gasteiger partial charge is 0.309 e. The van der Waals surface area contributed by atoms with Crippen LogP contribution in [0.1, 0.15) is 42.9 Å². The molecule has 2 aromatic rings. The summed E-state index contributed by atoms with van der Waals surface area (Å²) in [6.45, 7) is 5.84. The maximum absolute atomic E-state index is 12.9. The van der Waals surface area contributed by atoms with Gasteiger partial charge in [0.25, 0.3) is 10.0 Å². The summed E-state index contributed by atoms with van der Waals surface area (Å²) in [7, 11) is -3.69. The Morgan fingerprint density at radius 1 is 1.11 bits per heavy atom. The minimum atomic E-state index is -3.69. The number of carbonyl (C=O) groups is 1. The molecule has 1 fully saturated rings. The highest BCUT2D eigenvalue weighted by Gasteiger charge is 2.37. The summed E-state index contributed by atoms with van der Waals surface area (Å²) < 4.78 is 28.6. The van der Waals surface area contributed by atoms with Gasteiger partial charge in [0.1, 0.15) is 0 Å². The van der Waals surface area contributed by atoms with E-state index in [1.807, 2.05) is 43.9 Å². The van der Waals surface area contributed by atoms with Crippen molar-refractivity contribution in [3.05, 3.63) is 53.1 Å². The van der Waals surface area contributed by atoms with Gasteiger partial charge < -0.3 is 4.90 Å². The second-order valence-corrected chi connectivity index (χ2v) is 9.79. The van der Waals surface area contributed by atoms with Crippen LogP contribution >= 0.6 is 0 Å². The van der Waals surface area contributed by atoms with Crippen LogP contribution in [0.3, 0.4) is 0 Å². The fourth-order valence-corrected chi connectivity index (χ4v) is 5.18. The average Bonchev–Trinajstić information content (AvgIpc) is 2.91. The number of carbonyl (C=O) groups excluding carboxylic acids is 1. The number of benzene rings is 2. The van der Waals surface area contributed by atoms with E-state index in [1.54, 1.807) is 18.2 Å². The topological polar surface area (TPSA) is 66.5 Å². The Morgan fingerprint density at radius 3 is 2.54 bits per heavy atom. The first-order chi connectivity index (χ1) is 13.3. The molecule has 1 amide bonds. The van der Waals surface area contributed by atoms with Gasteiger partial charge in [0.2, 0.25) is 5.91 Å². The fraction of sp³-hybridized carbons (Fsp3) is 0.409. The molecule has 148 valence electrons. The lowest BCUT2D eigenvalue weighted by atomic mass is 9.84. The molecule has 5 nitrogen and oxygen atoms in total. The second kappa shape index (κ2) is 6.92. The number of sulfonamides is 1. The Hall–Kier alpha value is -2.34. The number of anilines is 2. The third kappa shape index (κ3) is 3.30. The van der Waals surface area contributed by atoms with Gasteiger partial charge in [-0.3, -0.25) is 9.52 Å². The first-order valence-corrected chi connectivity index (χ1v) is 11.3. The van der Waals surface area contributed by atoms with Gasteiger partial charge in [-0.15, -0.1) is 0 Å². The van der Waals surface area contributed by atoms with Gasteiger partial charge in [0, 0.05) is 17.6 Å². The first kappa shape index (κ1) is 19.0. The van der Waals surface area contributed by atoms with E-state index in [0.29, 0.717) is 12.1 Å². The highest BCUT2D eigenvalue weighted by atomic mass is 32.2. The number of nitrogens with zero attached hydrogens (tertiary/aromatic N) is 1. The van der Waals surface area contributed by atoms with Crippen molar-refractivity contribution in [1.82, 2.24) is 0 Å². The number of hydrogen-bond donors (Lipinski definition) is 1. The molecule has 0 saturated heterocycles. The maximum atomic E-state index is 12.9. The van der Waals surface area contributed by atoms with E-state index in [-0.39, 0.29) is 22.8 Å². The van der Waals surface area contributed by atoms with E-state index in [0.717, 1.165) is 41.6 Å². The normalized spacial score (nSPS) is 19.2. The molecule has 1 atom stereocenters. The molecule has 6 heteroatoms. The van der Waals surface area contributed by atoms with Crippen molar-refractivity contribution < 1.29 is 13.2 Å². The Morgan fingerprint density at radius 2 is 1.86 bits per heavy atom. The molecular weight excluding hydrogens is 372 g/mol. The van der Waals surface area contributed by atoms with E-state index in [4.69, 9.17) is 0 Å². The van der Waals surface area contributed by atoms with Crippen molar-refractivity contribution >= 4 is 27.3 Å². The predicted molar refractivity (Wildman–Crippen MR) is 111 cm³/mol. The average molecular weight is 399 g/mol. The molecule has 2 aliphatic rings. The molecule has 1 heterocycles. The number of rotatable bonds is 4. The Balaban J connectivity index is 1.63. The van der Waals surface area contributed by atoms with Crippen LogP contribution in [0.2, 0.25) is 0 Å². The molecule has 28 heavy (non-hydrogen) atoms. The standard InChI is InChI=1S/C22H26N2O3S/c1-14-7-8-15(2)20(11-14)23-28(26,27)19-9-10-21-18(13-19)12-16(3)24(21)22(25)17-5-4-6-17/h7-11,13,16-17,23H,4-6,12H2,1-3H3. The van der Waals surface area contributed by atoms with Crippen LogP contribution in [0, 0.1) is 19.8 Å². The quantitative estimate of drug-likeness (QED) is 0.840. The zero-order chi connectivity index (χ0) is 20.1. The number of hydrogen-bond acceptors (Lipinski definition) is 3. The van der Waals surface area contributed by atoms with E-state index in [9.17, 15) is 13.2 Å². The molecule has 1 unspecified atom stereocenters. The first-order valence-electron chi connectivity index (χ1n) is 9.82. The highest BCUT2D eigenvalue weighted by molar-refractivity contribution is 7.92. The minimum Gasteiger partial charge on any atom is -0.309 e. The van der Waals surface area contributed by atoms with E-state index in [1.165, 1.54) is 0 Å². The summed E-state index contributed by atoms with van der Waals surface area (Å²) in [5.41, 5.74) is 4.24. The molecule has 2 aromatic carbocycles. The smallest absolute Gasteiger partial charge is 0.261 e. The van der Waals surface area contributed by atoms with Gasteiger partial charge in [-0.2, -0.15) is 0 Å². The van der Waals surface area contributed by atoms with E-state index >= 15 is 0 Å². The lowest BCUT2D eigenvalue weighted by Crippen LogP contribution is -2.42. The van der Waals surface area contributed by atoms with Gasteiger partial charge in [0.05, 0.1) is 10.6 Å². The van der Waals surface area contributed by atoms with Crippen LogP contribution in [-0.4, -0.2) is 20.4 Å². The summed E-state index contributed by atoms with van der Waals surface area (Å²) >= 11 is 0. The second-order valence-electron chi connectivity index (χ2n) is 8.10. The zero-order valence-corrected chi connectivity index (χ0v) is 17.3. The Labute approximate surface area is 166 Å². The van der Waals surface area contributed by atoms with Crippen LogP contribution in [0.15, 0.2) is 41.3 Å². The minimum absolute atomic E-state index is 0.0630. The molecule has 0 bridgehead atoms. The van der Waals surface area contributed by atoms with Gasteiger partial charge in [0.15, 0.2) is 0 Å².